The van der Waals surface area contributed by atoms with Crippen molar-refractivity contribution in [1.29, 1.82) is 0 Å². The van der Waals surface area contributed by atoms with Crippen molar-refractivity contribution in [2.45, 2.75) is 19.9 Å². The van der Waals surface area contributed by atoms with E-state index in [4.69, 9.17) is 4.74 Å². The molecule has 18 heavy (non-hydrogen) atoms. The van der Waals surface area contributed by atoms with Crippen LogP contribution in [0, 0.1) is 0 Å². The van der Waals surface area contributed by atoms with Gasteiger partial charge in [-0.1, -0.05) is 19.1 Å². The van der Waals surface area contributed by atoms with Gasteiger partial charge in [0.1, 0.15) is 5.75 Å². The molecule has 2 rings (SSSR count). The molecule has 0 spiro atoms. The lowest BCUT2D eigenvalue weighted by atomic mass is 10.1. The Balaban J connectivity index is 2.25. The van der Waals surface area contributed by atoms with E-state index < -0.39 is 0 Å². The molecule has 1 heterocycles. The summed E-state index contributed by atoms with van der Waals surface area (Å²) in [5.41, 5.74) is 3.02. The molecule has 2 aromatic rings. The molecule has 0 saturated carbocycles. The summed E-state index contributed by atoms with van der Waals surface area (Å²) in [5.74, 6) is 0.891. The Morgan fingerprint density at radius 3 is 2.94 bits per heavy atom. The minimum Gasteiger partial charge on any atom is -0.493 e. The fraction of sp³-hybridized carbons (Fsp3) is 0.357. The Bertz CT molecular complexity index is 493. The standard InChI is InChI=1S/C14H19N3O/c1-3-8-18-14-7-5-4-6-12(14)13-9-11(10-15-2)16-17-13/h4-7,9,15H,3,8,10H2,1-2H3,(H,16,17). The van der Waals surface area contributed by atoms with Crippen LogP contribution in [0.4, 0.5) is 0 Å². The van der Waals surface area contributed by atoms with Crippen molar-refractivity contribution in [2.24, 2.45) is 0 Å². The van der Waals surface area contributed by atoms with Crippen molar-refractivity contribution >= 4 is 0 Å². The molecule has 0 bridgehead atoms. The summed E-state index contributed by atoms with van der Waals surface area (Å²) in [6.45, 7) is 3.61. The molecule has 0 aliphatic heterocycles. The predicted molar refractivity (Wildman–Crippen MR) is 72.6 cm³/mol. The number of nitrogens with zero attached hydrogens (tertiary/aromatic N) is 1. The van der Waals surface area contributed by atoms with Gasteiger partial charge in [0.2, 0.25) is 0 Å². The third-order valence-electron chi connectivity index (χ3n) is 2.62. The summed E-state index contributed by atoms with van der Waals surface area (Å²) in [6, 6.07) is 10.0. The van der Waals surface area contributed by atoms with Crippen LogP contribution < -0.4 is 10.1 Å². The van der Waals surface area contributed by atoms with Gasteiger partial charge in [0.15, 0.2) is 0 Å². The number of para-hydroxylation sites is 1. The Kier molecular flexibility index (Phi) is 4.36. The third-order valence-corrected chi connectivity index (χ3v) is 2.62. The minimum atomic E-state index is 0.727. The first kappa shape index (κ1) is 12.6. The van der Waals surface area contributed by atoms with Crippen molar-refractivity contribution in [3.05, 3.63) is 36.0 Å². The van der Waals surface area contributed by atoms with Gasteiger partial charge in [0.25, 0.3) is 0 Å². The fourth-order valence-electron chi connectivity index (χ4n) is 1.80. The summed E-state index contributed by atoms with van der Waals surface area (Å²) < 4.78 is 5.74. The second kappa shape index (κ2) is 6.21. The normalized spacial score (nSPS) is 10.6. The molecule has 4 heteroatoms. The number of rotatable bonds is 6. The summed E-state index contributed by atoms with van der Waals surface area (Å²) in [5, 5.41) is 10.4. The van der Waals surface area contributed by atoms with E-state index in [0.29, 0.717) is 0 Å². The minimum absolute atomic E-state index is 0.727. The van der Waals surface area contributed by atoms with Crippen molar-refractivity contribution in [3.63, 3.8) is 0 Å². The number of aromatic amines is 1. The SMILES string of the molecule is CCCOc1ccccc1-c1cc(CNC)[nH]n1. The summed E-state index contributed by atoms with van der Waals surface area (Å²) in [7, 11) is 1.92. The topological polar surface area (TPSA) is 49.9 Å². The van der Waals surface area contributed by atoms with Gasteiger partial charge in [-0.3, -0.25) is 5.10 Å². The van der Waals surface area contributed by atoms with E-state index in [1.165, 1.54) is 0 Å². The van der Waals surface area contributed by atoms with Crippen LogP contribution in [0.15, 0.2) is 30.3 Å². The smallest absolute Gasteiger partial charge is 0.128 e. The molecule has 1 aromatic heterocycles. The molecule has 2 N–H and O–H groups in total. The van der Waals surface area contributed by atoms with Crippen LogP contribution in [0.25, 0.3) is 11.3 Å². The number of nitrogens with one attached hydrogen (secondary N) is 2. The monoisotopic (exact) mass is 245 g/mol. The zero-order valence-corrected chi connectivity index (χ0v) is 10.9. The van der Waals surface area contributed by atoms with E-state index in [0.717, 1.165) is 42.3 Å². The largest absolute Gasteiger partial charge is 0.493 e. The first-order valence-corrected chi connectivity index (χ1v) is 6.26. The highest BCUT2D eigenvalue weighted by molar-refractivity contribution is 5.67. The molecule has 96 valence electrons. The number of ether oxygens (including phenoxy) is 1. The van der Waals surface area contributed by atoms with Crippen molar-refractivity contribution in [1.82, 2.24) is 15.5 Å². The lowest BCUT2D eigenvalue weighted by Crippen LogP contribution is -2.04. The van der Waals surface area contributed by atoms with E-state index >= 15 is 0 Å². The Morgan fingerprint density at radius 2 is 2.17 bits per heavy atom. The molecule has 0 amide bonds. The Hall–Kier alpha value is -1.81. The number of H-pyrrole nitrogens is 1. The molecule has 0 aliphatic rings. The second-order valence-electron chi connectivity index (χ2n) is 4.15. The summed E-state index contributed by atoms with van der Waals surface area (Å²) >= 11 is 0. The zero-order valence-electron chi connectivity index (χ0n) is 10.9. The van der Waals surface area contributed by atoms with E-state index in [9.17, 15) is 0 Å². The molecular formula is C14H19N3O. The van der Waals surface area contributed by atoms with E-state index in [1.807, 2.05) is 37.4 Å². The van der Waals surface area contributed by atoms with Gasteiger partial charge in [-0.25, -0.2) is 0 Å². The Labute approximate surface area is 107 Å². The molecule has 0 saturated heterocycles. The Morgan fingerprint density at radius 1 is 1.33 bits per heavy atom. The van der Waals surface area contributed by atoms with E-state index in [1.54, 1.807) is 0 Å². The number of benzene rings is 1. The van der Waals surface area contributed by atoms with Crippen LogP contribution in [0.1, 0.15) is 19.0 Å². The third kappa shape index (κ3) is 2.90. The quantitative estimate of drug-likeness (QED) is 0.822. The summed E-state index contributed by atoms with van der Waals surface area (Å²) in [4.78, 5) is 0. The van der Waals surface area contributed by atoms with Crippen LogP contribution >= 0.6 is 0 Å². The maximum atomic E-state index is 5.74. The second-order valence-corrected chi connectivity index (χ2v) is 4.15. The molecule has 0 atom stereocenters. The average molecular weight is 245 g/mol. The van der Waals surface area contributed by atoms with Gasteiger partial charge in [-0.05, 0) is 31.7 Å². The number of hydrogen-bond donors (Lipinski definition) is 2. The van der Waals surface area contributed by atoms with Gasteiger partial charge in [0.05, 0.1) is 12.3 Å². The van der Waals surface area contributed by atoms with Gasteiger partial charge in [-0.15, -0.1) is 0 Å². The molecule has 0 radical (unpaired) electrons. The average Bonchev–Trinajstić information content (AvgIpc) is 2.86. The van der Waals surface area contributed by atoms with Gasteiger partial charge in [0, 0.05) is 17.8 Å². The van der Waals surface area contributed by atoms with Gasteiger partial charge in [-0.2, -0.15) is 5.10 Å². The first-order chi connectivity index (χ1) is 8.85. The molecule has 4 nitrogen and oxygen atoms in total. The summed E-state index contributed by atoms with van der Waals surface area (Å²) in [6.07, 6.45) is 1.000. The highest BCUT2D eigenvalue weighted by Crippen LogP contribution is 2.28. The molecule has 1 aromatic carbocycles. The lowest BCUT2D eigenvalue weighted by molar-refractivity contribution is 0.318. The van der Waals surface area contributed by atoms with Crippen molar-refractivity contribution in [2.75, 3.05) is 13.7 Å². The maximum absolute atomic E-state index is 5.74. The fourth-order valence-corrected chi connectivity index (χ4v) is 1.80. The first-order valence-electron chi connectivity index (χ1n) is 6.26. The van der Waals surface area contributed by atoms with Crippen LogP contribution in [0.3, 0.4) is 0 Å². The van der Waals surface area contributed by atoms with E-state index in [2.05, 4.69) is 22.4 Å². The van der Waals surface area contributed by atoms with Gasteiger partial charge < -0.3 is 10.1 Å². The molecule has 0 unspecified atom stereocenters. The maximum Gasteiger partial charge on any atom is 0.128 e. The highest BCUT2D eigenvalue weighted by atomic mass is 16.5. The molecular weight excluding hydrogens is 226 g/mol. The predicted octanol–water partition coefficient (Wildman–Crippen LogP) is 2.58. The van der Waals surface area contributed by atoms with Crippen molar-refractivity contribution < 1.29 is 4.74 Å². The lowest BCUT2D eigenvalue weighted by Gasteiger charge is -2.08. The van der Waals surface area contributed by atoms with Crippen LogP contribution in [-0.4, -0.2) is 23.9 Å². The van der Waals surface area contributed by atoms with Crippen LogP contribution in [0.2, 0.25) is 0 Å². The van der Waals surface area contributed by atoms with Gasteiger partial charge >= 0.3 is 0 Å². The van der Waals surface area contributed by atoms with E-state index in [-0.39, 0.29) is 0 Å². The molecule has 0 aliphatic carbocycles. The van der Waals surface area contributed by atoms with Crippen molar-refractivity contribution in [3.8, 4) is 17.0 Å². The molecule has 0 fully saturated rings. The number of aromatic nitrogens is 2. The highest BCUT2D eigenvalue weighted by Gasteiger charge is 2.09. The number of hydrogen-bond acceptors (Lipinski definition) is 3. The van der Waals surface area contributed by atoms with Crippen LogP contribution in [0.5, 0.6) is 5.75 Å². The van der Waals surface area contributed by atoms with Crippen LogP contribution in [-0.2, 0) is 6.54 Å². The zero-order chi connectivity index (χ0) is 12.8.